The van der Waals surface area contributed by atoms with Crippen LogP contribution < -0.4 is 10.6 Å². The fraction of sp³-hybridized carbons (Fsp3) is 0.133. The predicted octanol–water partition coefficient (Wildman–Crippen LogP) is 3.32. The van der Waals surface area contributed by atoms with Crippen LogP contribution in [0.15, 0.2) is 42.5 Å². The number of aryl methyl sites for hydroxylation is 1. The molecule has 2 aromatic carbocycles. The lowest BCUT2D eigenvalue weighted by molar-refractivity contribution is -0.114. The summed E-state index contributed by atoms with van der Waals surface area (Å²) in [5.74, 6) is -1.19. The average Bonchev–Trinajstić information content (AvgIpc) is 2.40. The highest BCUT2D eigenvalue weighted by Gasteiger charge is 2.07. The summed E-state index contributed by atoms with van der Waals surface area (Å²) in [4.78, 5) is 11.7. The van der Waals surface area contributed by atoms with Gasteiger partial charge < -0.3 is 10.6 Å². The van der Waals surface area contributed by atoms with Gasteiger partial charge in [0.1, 0.15) is 11.6 Å². The van der Waals surface area contributed by atoms with Gasteiger partial charge >= 0.3 is 0 Å². The van der Waals surface area contributed by atoms with Gasteiger partial charge in [-0.1, -0.05) is 12.1 Å². The molecule has 104 valence electrons. The summed E-state index contributed by atoms with van der Waals surface area (Å²) < 4.78 is 26.3. The second kappa shape index (κ2) is 6.14. The first-order chi connectivity index (χ1) is 9.56. The van der Waals surface area contributed by atoms with Gasteiger partial charge in [-0.2, -0.15) is 0 Å². The summed E-state index contributed by atoms with van der Waals surface area (Å²) in [5.41, 5.74) is 1.49. The summed E-state index contributed by atoms with van der Waals surface area (Å²) in [5, 5.41) is 5.34. The Morgan fingerprint density at radius 2 is 1.85 bits per heavy atom. The monoisotopic (exact) mass is 276 g/mol. The van der Waals surface area contributed by atoms with E-state index in [9.17, 15) is 13.6 Å². The van der Waals surface area contributed by atoms with Gasteiger partial charge in [-0.05, 0) is 42.8 Å². The zero-order chi connectivity index (χ0) is 14.5. The van der Waals surface area contributed by atoms with E-state index in [2.05, 4.69) is 10.6 Å². The van der Waals surface area contributed by atoms with E-state index in [1.54, 1.807) is 25.1 Å². The molecule has 5 heteroatoms. The number of carbonyl (C=O) groups excluding carboxylic acids is 1. The zero-order valence-electron chi connectivity index (χ0n) is 10.9. The fourth-order valence-corrected chi connectivity index (χ4v) is 1.76. The van der Waals surface area contributed by atoms with Crippen LogP contribution in [0.5, 0.6) is 0 Å². The van der Waals surface area contributed by atoms with E-state index in [-0.39, 0.29) is 24.0 Å². The largest absolute Gasteiger partial charge is 0.376 e. The Hall–Kier alpha value is -2.43. The van der Waals surface area contributed by atoms with E-state index in [1.807, 2.05) is 0 Å². The van der Waals surface area contributed by atoms with Crippen LogP contribution in [0.25, 0.3) is 0 Å². The normalized spacial score (nSPS) is 10.2. The Bertz CT molecular complexity index is 629. The third-order valence-corrected chi connectivity index (χ3v) is 2.78. The Kier molecular flexibility index (Phi) is 4.30. The third kappa shape index (κ3) is 3.54. The van der Waals surface area contributed by atoms with Crippen molar-refractivity contribution in [2.75, 3.05) is 17.2 Å². The van der Waals surface area contributed by atoms with Gasteiger partial charge in [-0.25, -0.2) is 8.78 Å². The first-order valence-electron chi connectivity index (χ1n) is 6.10. The van der Waals surface area contributed by atoms with Gasteiger partial charge in [-0.15, -0.1) is 0 Å². The van der Waals surface area contributed by atoms with Crippen molar-refractivity contribution in [3.63, 3.8) is 0 Å². The standard InChI is InChI=1S/C15H14F2N2O/c1-10-8-11(16)6-7-13(10)18-9-15(20)19-14-5-3-2-4-12(14)17/h2-8,18H,9H2,1H3,(H,19,20). The minimum absolute atomic E-state index is 0.0270. The van der Waals surface area contributed by atoms with Crippen LogP contribution in [0.3, 0.4) is 0 Å². The molecule has 0 heterocycles. The van der Waals surface area contributed by atoms with Crippen LogP contribution in [0.4, 0.5) is 20.2 Å². The van der Waals surface area contributed by atoms with Gasteiger partial charge in [0.2, 0.25) is 5.91 Å². The molecule has 2 aromatic rings. The maximum Gasteiger partial charge on any atom is 0.243 e. The molecule has 0 fully saturated rings. The molecule has 1 amide bonds. The fourth-order valence-electron chi connectivity index (χ4n) is 1.76. The SMILES string of the molecule is Cc1cc(F)ccc1NCC(=O)Nc1ccccc1F. The van der Waals surface area contributed by atoms with Gasteiger partial charge in [0.25, 0.3) is 0 Å². The van der Waals surface area contributed by atoms with Gasteiger partial charge in [0, 0.05) is 5.69 Å². The molecule has 0 aliphatic rings. The number of hydrogen-bond donors (Lipinski definition) is 2. The molecular formula is C15H14F2N2O. The third-order valence-electron chi connectivity index (χ3n) is 2.78. The Balaban J connectivity index is 1.94. The maximum absolute atomic E-state index is 13.3. The van der Waals surface area contributed by atoms with Crippen molar-refractivity contribution in [1.29, 1.82) is 0 Å². The van der Waals surface area contributed by atoms with Crippen molar-refractivity contribution >= 4 is 17.3 Å². The van der Waals surface area contributed by atoms with E-state index in [4.69, 9.17) is 0 Å². The molecule has 0 atom stereocenters. The number of rotatable bonds is 4. The van der Waals surface area contributed by atoms with Crippen LogP contribution in [0.2, 0.25) is 0 Å². The van der Waals surface area contributed by atoms with E-state index in [0.717, 1.165) is 0 Å². The quantitative estimate of drug-likeness (QED) is 0.899. The van der Waals surface area contributed by atoms with Gasteiger partial charge in [-0.3, -0.25) is 4.79 Å². The summed E-state index contributed by atoms with van der Waals surface area (Å²) >= 11 is 0. The second-order valence-electron chi connectivity index (χ2n) is 4.34. The zero-order valence-corrected chi connectivity index (χ0v) is 10.9. The average molecular weight is 276 g/mol. The topological polar surface area (TPSA) is 41.1 Å². The van der Waals surface area contributed by atoms with Gasteiger partial charge in [0.15, 0.2) is 0 Å². The summed E-state index contributed by atoms with van der Waals surface area (Å²) in [6, 6.07) is 10.2. The Labute approximate surface area is 115 Å². The molecule has 0 aliphatic carbocycles. The molecule has 0 saturated heterocycles. The van der Waals surface area contributed by atoms with Crippen LogP contribution in [-0.2, 0) is 4.79 Å². The van der Waals surface area contributed by atoms with Crippen molar-refractivity contribution in [2.24, 2.45) is 0 Å². The molecule has 0 radical (unpaired) electrons. The number of hydrogen-bond acceptors (Lipinski definition) is 2. The minimum atomic E-state index is -0.487. The Morgan fingerprint density at radius 1 is 1.10 bits per heavy atom. The number of halogens is 2. The van der Waals surface area contributed by atoms with Crippen molar-refractivity contribution in [2.45, 2.75) is 6.92 Å². The van der Waals surface area contributed by atoms with Crippen molar-refractivity contribution in [1.82, 2.24) is 0 Å². The lowest BCUT2D eigenvalue weighted by atomic mass is 10.2. The number of carbonyl (C=O) groups is 1. The highest BCUT2D eigenvalue weighted by Crippen LogP contribution is 2.16. The minimum Gasteiger partial charge on any atom is -0.376 e. The van der Waals surface area contributed by atoms with Gasteiger partial charge in [0.05, 0.1) is 12.2 Å². The lowest BCUT2D eigenvalue weighted by Crippen LogP contribution is -2.22. The summed E-state index contributed by atoms with van der Waals surface area (Å²) in [6.45, 7) is 1.71. The van der Waals surface area contributed by atoms with E-state index in [1.165, 1.54) is 24.3 Å². The highest BCUT2D eigenvalue weighted by molar-refractivity contribution is 5.93. The second-order valence-corrected chi connectivity index (χ2v) is 4.34. The first-order valence-corrected chi connectivity index (χ1v) is 6.10. The molecule has 0 spiro atoms. The first kappa shape index (κ1) is 14.0. The molecule has 0 aliphatic heterocycles. The van der Waals surface area contributed by atoms with E-state index in [0.29, 0.717) is 11.3 Å². The van der Waals surface area contributed by atoms with E-state index < -0.39 is 5.82 Å². The Morgan fingerprint density at radius 3 is 2.55 bits per heavy atom. The molecule has 0 aromatic heterocycles. The molecule has 2 rings (SSSR count). The lowest BCUT2D eigenvalue weighted by Gasteiger charge is -2.10. The molecule has 3 nitrogen and oxygen atoms in total. The number of benzene rings is 2. The van der Waals surface area contributed by atoms with E-state index >= 15 is 0 Å². The molecule has 0 unspecified atom stereocenters. The molecule has 0 saturated carbocycles. The predicted molar refractivity (Wildman–Crippen MR) is 74.7 cm³/mol. The number of amides is 1. The number of nitrogens with one attached hydrogen (secondary N) is 2. The van der Waals surface area contributed by atoms with Crippen LogP contribution >= 0.6 is 0 Å². The molecule has 0 bridgehead atoms. The van der Waals surface area contributed by atoms with Crippen LogP contribution in [0.1, 0.15) is 5.56 Å². The molecule has 20 heavy (non-hydrogen) atoms. The van der Waals surface area contributed by atoms with Crippen molar-refractivity contribution < 1.29 is 13.6 Å². The smallest absolute Gasteiger partial charge is 0.243 e. The van der Waals surface area contributed by atoms with Crippen molar-refractivity contribution in [3.05, 3.63) is 59.7 Å². The summed E-state index contributed by atoms with van der Waals surface area (Å²) in [6.07, 6.45) is 0. The number of para-hydroxylation sites is 1. The molecular weight excluding hydrogens is 262 g/mol. The summed E-state index contributed by atoms with van der Waals surface area (Å²) in [7, 11) is 0. The maximum atomic E-state index is 13.3. The number of anilines is 2. The van der Waals surface area contributed by atoms with Crippen LogP contribution in [-0.4, -0.2) is 12.5 Å². The van der Waals surface area contributed by atoms with Crippen LogP contribution in [0, 0.1) is 18.6 Å². The molecule has 2 N–H and O–H groups in total. The highest BCUT2D eigenvalue weighted by atomic mass is 19.1. The van der Waals surface area contributed by atoms with Crippen molar-refractivity contribution in [3.8, 4) is 0 Å².